The minimum atomic E-state index is -0.905. The largest absolute Gasteiger partial charge is 0.483 e. The van der Waals surface area contributed by atoms with Crippen LogP contribution in [0.2, 0.25) is 0 Å². The maximum absolute atomic E-state index is 12.0. The normalized spacial score (nSPS) is 16.2. The molecule has 0 saturated heterocycles. The van der Waals surface area contributed by atoms with Crippen LogP contribution in [-0.2, 0) is 30.5 Å². The standard InChI is InChI=1S/C22H30N4O5/c1-5-9-19(14-30-17(4)29)24-21-20(31-13-18-10-7-6-8-11-18)12-23-22(25-21)26(15(2)27)16(3)28/h6-8,10-12,19,22,24-25H,5,9,13-14H2,1-4H3/t19-,22?/m0/s1. The summed E-state index contributed by atoms with van der Waals surface area (Å²) in [4.78, 5) is 40.5. The van der Waals surface area contributed by atoms with Crippen LogP contribution in [-0.4, -0.2) is 47.8 Å². The number of amides is 2. The Bertz CT molecular complexity index is 824. The number of nitrogens with zero attached hydrogens (tertiary/aromatic N) is 2. The second-order valence-electron chi connectivity index (χ2n) is 7.15. The smallest absolute Gasteiger partial charge is 0.302 e. The summed E-state index contributed by atoms with van der Waals surface area (Å²) < 4.78 is 11.1. The topological polar surface area (TPSA) is 109 Å². The Morgan fingerprint density at radius 2 is 1.84 bits per heavy atom. The van der Waals surface area contributed by atoms with E-state index in [1.807, 2.05) is 37.3 Å². The van der Waals surface area contributed by atoms with Gasteiger partial charge in [-0.05, 0) is 12.0 Å². The van der Waals surface area contributed by atoms with Crippen LogP contribution in [0.1, 0.15) is 46.1 Å². The van der Waals surface area contributed by atoms with Crippen LogP contribution >= 0.6 is 0 Å². The predicted octanol–water partition coefficient (Wildman–Crippen LogP) is 2.05. The molecule has 1 aromatic carbocycles. The third-order valence-corrected chi connectivity index (χ3v) is 4.49. The molecule has 0 aromatic heterocycles. The quantitative estimate of drug-likeness (QED) is 0.547. The maximum Gasteiger partial charge on any atom is 0.302 e. The lowest BCUT2D eigenvalue weighted by atomic mass is 10.2. The van der Waals surface area contributed by atoms with Crippen molar-refractivity contribution in [3.05, 3.63) is 47.5 Å². The van der Waals surface area contributed by atoms with Crippen molar-refractivity contribution < 1.29 is 23.9 Å². The number of hydrogen-bond donors (Lipinski definition) is 2. The van der Waals surface area contributed by atoms with E-state index in [1.165, 1.54) is 27.0 Å². The van der Waals surface area contributed by atoms with Gasteiger partial charge in [0.1, 0.15) is 19.0 Å². The lowest BCUT2D eigenvalue weighted by Crippen LogP contribution is -2.53. The summed E-state index contributed by atoms with van der Waals surface area (Å²) in [6.07, 6.45) is 2.17. The molecule has 9 heteroatoms. The molecule has 2 atom stereocenters. The van der Waals surface area contributed by atoms with E-state index in [0.29, 0.717) is 18.2 Å². The van der Waals surface area contributed by atoms with Gasteiger partial charge in [0.2, 0.25) is 18.1 Å². The summed E-state index contributed by atoms with van der Waals surface area (Å²) in [7, 11) is 0. The minimum Gasteiger partial charge on any atom is -0.483 e. The number of ether oxygens (including phenoxy) is 2. The number of nitrogens with one attached hydrogen (secondary N) is 2. The molecule has 2 N–H and O–H groups in total. The summed E-state index contributed by atoms with van der Waals surface area (Å²) in [6, 6.07) is 9.45. The number of rotatable bonds is 10. The molecule has 2 rings (SSSR count). The van der Waals surface area contributed by atoms with E-state index in [4.69, 9.17) is 9.47 Å². The summed E-state index contributed by atoms with van der Waals surface area (Å²) in [5.41, 5.74) is 0.976. The van der Waals surface area contributed by atoms with Crippen molar-refractivity contribution in [2.45, 2.75) is 59.5 Å². The molecule has 1 aromatic rings. The molecule has 0 fully saturated rings. The molecular formula is C22H30N4O5. The first-order valence-electron chi connectivity index (χ1n) is 10.2. The van der Waals surface area contributed by atoms with Gasteiger partial charge in [0.25, 0.3) is 0 Å². The predicted molar refractivity (Wildman–Crippen MR) is 115 cm³/mol. The third kappa shape index (κ3) is 7.44. The highest BCUT2D eigenvalue weighted by molar-refractivity contribution is 5.93. The van der Waals surface area contributed by atoms with Crippen LogP contribution in [0.4, 0.5) is 0 Å². The average Bonchev–Trinajstić information content (AvgIpc) is 2.72. The van der Waals surface area contributed by atoms with Crippen molar-refractivity contribution in [2.75, 3.05) is 6.61 Å². The summed E-state index contributed by atoms with van der Waals surface area (Å²) in [6.45, 7) is 6.47. The molecule has 31 heavy (non-hydrogen) atoms. The van der Waals surface area contributed by atoms with E-state index >= 15 is 0 Å². The van der Waals surface area contributed by atoms with Crippen LogP contribution in [0.3, 0.4) is 0 Å². The van der Waals surface area contributed by atoms with Crippen molar-refractivity contribution in [1.29, 1.82) is 0 Å². The van der Waals surface area contributed by atoms with Crippen LogP contribution in [0, 0.1) is 0 Å². The minimum absolute atomic E-state index is 0.172. The molecule has 0 bridgehead atoms. The number of esters is 1. The highest BCUT2D eigenvalue weighted by atomic mass is 16.5. The van der Waals surface area contributed by atoms with Gasteiger partial charge in [-0.2, -0.15) is 0 Å². The second-order valence-corrected chi connectivity index (χ2v) is 7.15. The summed E-state index contributed by atoms with van der Waals surface area (Å²) in [5, 5.41) is 6.36. The van der Waals surface area contributed by atoms with Gasteiger partial charge in [-0.15, -0.1) is 0 Å². The number of carbonyl (C=O) groups excluding carboxylic acids is 3. The van der Waals surface area contributed by atoms with E-state index in [0.717, 1.165) is 23.3 Å². The Kier molecular flexibility index (Phi) is 9.05. The SMILES string of the molecule is CCC[C@@H](COC(C)=O)NC1=C(OCc2ccccc2)C=NC(N(C(C)=O)C(C)=O)N1. The van der Waals surface area contributed by atoms with Gasteiger partial charge >= 0.3 is 5.97 Å². The van der Waals surface area contributed by atoms with E-state index in [2.05, 4.69) is 15.6 Å². The molecule has 1 aliphatic rings. The third-order valence-electron chi connectivity index (χ3n) is 4.49. The Morgan fingerprint density at radius 1 is 1.16 bits per heavy atom. The van der Waals surface area contributed by atoms with E-state index in [9.17, 15) is 14.4 Å². The molecule has 0 saturated carbocycles. The molecule has 0 radical (unpaired) electrons. The van der Waals surface area contributed by atoms with Gasteiger partial charge in [-0.1, -0.05) is 43.7 Å². The Morgan fingerprint density at radius 3 is 2.42 bits per heavy atom. The second kappa shape index (κ2) is 11.7. The molecule has 1 unspecified atom stereocenters. The van der Waals surface area contributed by atoms with E-state index < -0.39 is 18.1 Å². The fourth-order valence-electron chi connectivity index (χ4n) is 3.06. The molecule has 168 valence electrons. The molecular weight excluding hydrogens is 400 g/mol. The zero-order chi connectivity index (χ0) is 22.8. The summed E-state index contributed by atoms with van der Waals surface area (Å²) >= 11 is 0. The van der Waals surface area contributed by atoms with Crippen molar-refractivity contribution in [2.24, 2.45) is 4.99 Å². The van der Waals surface area contributed by atoms with Crippen LogP contribution in [0.25, 0.3) is 0 Å². The first-order chi connectivity index (χ1) is 14.8. The molecule has 1 aliphatic heterocycles. The van der Waals surface area contributed by atoms with Gasteiger partial charge < -0.3 is 20.1 Å². The number of carbonyl (C=O) groups is 3. The number of imide groups is 1. The highest BCUT2D eigenvalue weighted by Crippen LogP contribution is 2.15. The molecule has 0 spiro atoms. The summed E-state index contributed by atoms with van der Waals surface area (Å²) in [5.74, 6) is -0.335. The lowest BCUT2D eigenvalue weighted by molar-refractivity contribution is -0.146. The Hall–Kier alpha value is -3.36. The fraction of sp³-hybridized carbons (Fsp3) is 0.455. The monoisotopic (exact) mass is 430 g/mol. The van der Waals surface area contributed by atoms with Crippen LogP contribution < -0.4 is 10.6 Å². The number of aliphatic imine (C=N–C) groups is 1. The van der Waals surface area contributed by atoms with Gasteiger partial charge in [0, 0.05) is 20.8 Å². The number of allylic oxidation sites excluding steroid dienone is 1. The van der Waals surface area contributed by atoms with Crippen molar-refractivity contribution >= 4 is 24.0 Å². The maximum atomic E-state index is 12.0. The molecule has 2 amide bonds. The molecule has 0 aliphatic carbocycles. The van der Waals surface area contributed by atoms with E-state index in [-0.39, 0.29) is 18.6 Å². The first-order valence-corrected chi connectivity index (χ1v) is 10.2. The average molecular weight is 431 g/mol. The van der Waals surface area contributed by atoms with Gasteiger partial charge in [-0.3, -0.25) is 14.4 Å². The lowest BCUT2D eigenvalue weighted by Gasteiger charge is -2.32. The van der Waals surface area contributed by atoms with Crippen molar-refractivity contribution in [3.63, 3.8) is 0 Å². The molecule has 9 nitrogen and oxygen atoms in total. The van der Waals surface area contributed by atoms with Gasteiger partial charge in [0.15, 0.2) is 5.76 Å². The first kappa shape index (κ1) is 23.9. The highest BCUT2D eigenvalue weighted by Gasteiger charge is 2.29. The Balaban J connectivity index is 2.24. The fourth-order valence-corrected chi connectivity index (χ4v) is 3.06. The van der Waals surface area contributed by atoms with E-state index in [1.54, 1.807) is 0 Å². The molecule has 1 heterocycles. The van der Waals surface area contributed by atoms with Gasteiger partial charge in [-0.25, -0.2) is 9.89 Å². The number of benzene rings is 1. The number of hydrogen-bond acceptors (Lipinski definition) is 8. The van der Waals surface area contributed by atoms with Crippen LogP contribution in [0.15, 0.2) is 46.9 Å². The Labute approximate surface area is 182 Å². The van der Waals surface area contributed by atoms with Crippen molar-refractivity contribution in [1.82, 2.24) is 15.5 Å². The van der Waals surface area contributed by atoms with Gasteiger partial charge in [0.05, 0.1) is 12.3 Å². The zero-order valence-electron chi connectivity index (χ0n) is 18.4. The zero-order valence-corrected chi connectivity index (χ0v) is 18.4. The van der Waals surface area contributed by atoms with Crippen LogP contribution in [0.5, 0.6) is 0 Å². The van der Waals surface area contributed by atoms with Crippen molar-refractivity contribution in [3.8, 4) is 0 Å².